The van der Waals surface area contributed by atoms with Crippen LogP contribution in [0.4, 0.5) is 0 Å². The molecular formula is C14H29N3O4S. The van der Waals surface area contributed by atoms with Crippen molar-refractivity contribution in [1.29, 1.82) is 0 Å². The predicted molar refractivity (Wildman–Crippen MR) is 88.8 cm³/mol. The Balaban J connectivity index is 3.99. The number of ketones is 1. The Morgan fingerprint density at radius 3 is 2.41 bits per heavy atom. The zero-order chi connectivity index (χ0) is 17.0. The summed E-state index contributed by atoms with van der Waals surface area (Å²) in [5, 5.41) is 26.9. The lowest BCUT2D eigenvalue weighted by Gasteiger charge is -2.21. The third-order valence-corrected chi connectivity index (χ3v) is 3.68. The molecule has 0 spiro atoms. The highest BCUT2D eigenvalue weighted by molar-refractivity contribution is 7.99. The molecule has 8 heteroatoms. The lowest BCUT2D eigenvalue weighted by molar-refractivity contribution is -0.126. The van der Waals surface area contributed by atoms with Gasteiger partial charge in [0.25, 0.3) is 0 Å². The van der Waals surface area contributed by atoms with Crippen LogP contribution in [0.25, 0.3) is 0 Å². The molecule has 130 valence electrons. The number of amides is 1. The predicted octanol–water partition coefficient (Wildman–Crippen LogP) is -0.918. The van der Waals surface area contributed by atoms with Gasteiger partial charge in [-0.25, -0.2) is 0 Å². The highest BCUT2D eigenvalue weighted by atomic mass is 32.2. The fourth-order valence-corrected chi connectivity index (χ4v) is 2.19. The molecule has 0 bridgehead atoms. The molecule has 0 aromatic rings. The van der Waals surface area contributed by atoms with Gasteiger partial charge in [-0.1, -0.05) is 20.8 Å². The van der Waals surface area contributed by atoms with Crippen LogP contribution in [0.1, 0.15) is 27.2 Å². The van der Waals surface area contributed by atoms with E-state index in [4.69, 9.17) is 0 Å². The average molecular weight is 335 g/mol. The van der Waals surface area contributed by atoms with Crippen LogP contribution in [-0.2, 0) is 9.59 Å². The van der Waals surface area contributed by atoms with Crippen molar-refractivity contribution in [3.05, 3.63) is 0 Å². The van der Waals surface area contributed by atoms with Crippen molar-refractivity contribution >= 4 is 23.5 Å². The highest BCUT2D eigenvalue weighted by Gasteiger charge is 2.19. The van der Waals surface area contributed by atoms with Gasteiger partial charge in [-0.2, -0.15) is 11.8 Å². The number of hydrogen-bond donors (Lipinski definition) is 5. The van der Waals surface area contributed by atoms with Crippen molar-refractivity contribution in [1.82, 2.24) is 16.0 Å². The Labute approximate surface area is 136 Å². The quantitative estimate of drug-likeness (QED) is 0.219. The van der Waals surface area contributed by atoms with Gasteiger partial charge in [-0.15, -0.1) is 0 Å². The molecule has 0 rings (SSSR count). The first-order valence-electron chi connectivity index (χ1n) is 7.55. The van der Waals surface area contributed by atoms with Crippen LogP contribution in [0.5, 0.6) is 0 Å². The molecule has 5 N–H and O–H groups in total. The van der Waals surface area contributed by atoms with Crippen molar-refractivity contribution in [3.63, 3.8) is 0 Å². The number of Topliss-reactive ketones (excluding diaryl/α,β-unsaturated/α-hetero) is 1. The summed E-state index contributed by atoms with van der Waals surface area (Å²) in [4.78, 5) is 23.2. The minimum absolute atomic E-state index is 0.0226. The second kappa shape index (κ2) is 12.8. The van der Waals surface area contributed by atoms with Crippen LogP contribution in [0.2, 0.25) is 0 Å². The molecule has 0 saturated carbocycles. The third-order valence-electron chi connectivity index (χ3n) is 2.78. The fourth-order valence-electron chi connectivity index (χ4n) is 1.57. The van der Waals surface area contributed by atoms with E-state index < -0.39 is 12.3 Å². The van der Waals surface area contributed by atoms with E-state index in [2.05, 4.69) is 16.0 Å². The summed E-state index contributed by atoms with van der Waals surface area (Å²) in [5.74, 6) is 1.38. The Kier molecular flexibility index (Phi) is 12.4. The number of thioether (sulfide) groups is 1. The fraction of sp³-hybridized carbons (Fsp3) is 0.857. The summed E-state index contributed by atoms with van der Waals surface area (Å²) in [5.41, 5.74) is 0. The maximum Gasteiger partial charge on any atom is 0.221 e. The average Bonchev–Trinajstić information content (AvgIpc) is 2.44. The van der Waals surface area contributed by atoms with E-state index in [-0.39, 0.29) is 37.4 Å². The SMILES string of the molecule is CCSCCC(=O)N[C@H](CNCC(=O)CNC(C)C)C(O)O. The monoisotopic (exact) mass is 335 g/mol. The molecule has 0 saturated heterocycles. The van der Waals surface area contributed by atoms with E-state index in [1.807, 2.05) is 20.8 Å². The number of aliphatic hydroxyl groups is 2. The molecule has 1 amide bonds. The molecule has 7 nitrogen and oxygen atoms in total. The van der Waals surface area contributed by atoms with Gasteiger partial charge in [0.05, 0.1) is 19.1 Å². The Bertz CT molecular complexity index is 327. The topological polar surface area (TPSA) is 111 Å². The molecule has 0 aromatic heterocycles. The van der Waals surface area contributed by atoms with Gasteiger partial charge in [-0.05, 0) is 5.75 Å². The zero-order valence-electron chi connectivity index (χ0n) is 13.6. The van der Waals surface area contributed by atoms with Crippen molar-refractivity contribution in [2.75, 3.05) is 31.1 Å². The summed E-state index contributed by atoms with van der Waals surface area (Å²) in [6.07, 6.45) is -1.34. The van der Waals surface area contributed by atoms with E-state index in [1.165, 1.54) is 0 Å². The Morgan fingerprint density at radius 1 is 1.18 bits per heavy atom. The molecule has 0 aliphatic heterocycles. The molecule has 0 fully saturated rings. The van der Waals surface area contributed by atoms with Crippen LogP contribution in [0, 0.1) is 0 Å². The summed E-state index contributed by atoms with van der Waals surface area (Å²) < 4.78 is 0. The van der Waals surface area contributed by atoms with Crippen molar-refractivity contribution in [3.8, 4) is 0 Å². The first-order chi connectivity index (χ1) is 10.4. The van der Waals surface area contributed by atoms with E-state index in [1.54, 1.807) is 11.8 Å². The minimum atomic E-state index is -1.67. The Hall–Kier alpha value is -0.670. The van der Waals surface area contributed by atoms with Crippen molar-refractivity contribution in [2.45, 2.75) is 45.6 Å². The second-order valence-corrected chi connectivity index (χ2v) is 6.63. The molecule has 0 unspecified atom stereocenters. The van der Waals surface area contributed by atoms with Gasteiger partial charge in [0.1, 0.15) is 0 Å². The molecule has 1 atom stereocenters. The second-order valence-electron chi connectivity index (χ2n) is 5.24. The zero-order valence-corrected chi connectivity index (χ0v) is 14.4. The van der Waals surface area contributed by atoms with Gasteiger partial charge in [0, 0.05) is 24.8 Å². The first kappa shape index (κ1) is 21.3. The van der Waals surface area contributed by atoms with Crippen LogP contribution < -0.4 is 16.0 Å². The number of carbonyl (C=O) groups is 2. The standard InChI is InChI=1S/C14H29N3O4S/c1-4-22-6-5-13(19)17-12(14(20)21)9-15-7-11(18)8-16-10(2)3/h10,12,14-16,20-21H,4-9H2,1-3H3,(H,17,19)/t12-/m1/s1. The summed E-state index contributed by atoms with van der Waals surface area (Å²) >= 11 is 1.65. The molecule has 0 radical (unpaired) electrons. The minimum Gasteiger partial charge on any atom is -0.366 e. The van der Waals surface area contributed by atoms with Crippen LogP contribution in [0.3, 0.4) is 0 Å². The number of carbonyl (C=O) groups excluding carboxylic acids is 2. The van der Waals surface area contributed by atoms with Gasteiger partial charge < -0.3 is 26.2 Å². The highest BCUT2D eigenvalue weighted by Crippen LogP contribution is 2.01. The van der Waals surface area contributed by atoms with Crippen molar-refractivity contribution < 1.29 is 19.8 Å². The summed E-state index contributed by atoms with van der Waals surface area (Å²) in [7, 11) is 0. The van der Waals surface area contributed by atoms with Gasteiger partial charge in [0.15, 0.2) is 12.1 Å². The number of hydrogen-bond acceptors (Lipinski definition) is 7. The van der Waals surface area contributed by atoms with E-state index in [9.17, 15) is 19.8 Å². The van der Waals surface area contributed by atoms with Gasteiger partial charge >= 0.3 is 0 Å². The van der Waals surface area contributed by atoms with Crippen LogP contribution in [-0.4, -0.2) is 71.4 Å². The number of rotatable bonds is 13. The lowest BCUT2D eigenvalue weighted by atomic mass is 10.2. The van der Waals surface area contributed by atoms with E-state index in [0.29, 0.717) is 12.2 Å². The van der Waals surface area contributed by atoms with E-state index >= 15 is 0 Å². The molecule has 0 aliphatic rings. The normalized spacial score (nSPS) is 12.7. The largest absolute Gasteiger partial charge is 0.366 e. The smallest absolute Gasteiger partial charge is 0.221 e. The van der Waals surface area contributed by atoms with Crippen LogP contribution in [0.15, 0.2) is 0 Å². The number of aliphatic hydroxyl groups excluding tert-OH is 1. The molecule has 0 aliphatic carbocycles. The van der Waals surface area contributed by atoms with Crippen molar-refractivity contribution in [2.24, 2.45) is 0 Å². The molecular weight excluding hydrogens is 306 g/mol. The summed E-state index contributed by atoms with van der Waals surface area (Å²) in [6.45, 7) is 6.41. The third kappa shape index (κ3) is 11.9. The van der Waals surface area contributed by atoms with Gasteiger partial charge in [0.2, 0.25) is 5.91 Å². The lowest BCUT2D eigenvalue weighted by Crippen LogP contribution is -2.50. The maximum absolute atomic E-state index is 11.7. The number of nitrogens with one attached hydrogen (secondary N) is 3. The molecule has 22 heavy (non-hydrogen) atoms. The van der Waals surface area contributed by atoms with E-state index in [0.717, 1.165) is 5.75 Å². The molecule has 0 heterocycles. The first-order valence-corrected chi connectivity index (χ1v) is 8.71. The van der Waals surface area contributed by atoms with Gasteiger partial charge in [-0.3, -0.25) is 9.59 Å². The molecule has 0 aromatic carbocycles. The summed E-state index contributed by atoms with van der Waals surface area (Å²) in [6, 6.07) is -0.596. The van der Waals surface area contributed by atoms with Crippen LogP contribution >= 0.6 is 11.8 Å². The Morgan fingerprint density at radius 2 is 1.86 bits per heavy atom. The maximum atomic E-state index is 11.7.